The SMILES string of the molecule is CO/N=C(/C(=O)N[C@@H]1C(=O)N2C(C(=O)OCOC(=O)C(C)(C)C)=CCS[C@H]12)c1csc(NC(=O)C(C)C)n1. The number of carbonyl (C=O) groups excluding carboxylic acids is 5. The number of thioether (sulfide) groups is 1. The molecule has 1 saturated heterocycles. The van der Waals surface area contributed by atoms with Crippen molar-refractivity contribution >= 4 is 63.6 Å². The van der Waals surface area contributed by atoms with Crippen LogP contribution < -0.4 is 10.6 Å². The third kappa shape index (κ3) is 6.51. The Morgan fingerprint density at radius 1 is 1.24 bits per heavy atom. The maximum atomic E-state index is 13.0. The van der Waals surface area contributed by atoms with Gasteiger partial charge in [0.25, 0.3) is 11.8 Å². The number of ether oxygens (including phenoxy) is 2. The van der Waals surface area contributed by atoms with Crippen LogP contribution in [0.4, 0.5) is 5.13 Å². The van der Waals surface area contributed by atoms with Gasteiger partial charge < -0.3 is 24.9 Å². The number of fused-ring (bicyclic) bond motifs is 1. The highest BCUT2D eigenvalue weighted by molar-refractivity contribution is 8.00. The number of β-lactam (4-membered cyclic amide) rings is 1. The Labute approximate surface area is 227 Å². The third-order valence-corrected chi connectivity index (χ3v) is 7.17. The first-order valence-corrected chi connectivity index (χ1v) is 13.5. The Hall–Kier alpha value is -3.46. The zero-order valence-corrected chi connectivity index (χ0v) is 23.4. The summed E-state index contributed by atoms with van der Waals surface area (Å²) >= 11 is 2.45. The number of hydrogen-bond acceptors (Lipinski definition) is 12. The van der Waals surface area contributed by atoms with Crippen LogP contribution in [0.15, 0.2) is 22.3 Å². The molecule has 2 N–H and O–H groups in total. The highest BCUT2D eigenvalue weighted by Crippen LogP contribution is 2.38. The van der Waals surface area contributed by atoms with Gasteiger partial charge in [0.2, 0.25) is 12.7 Å². The summed E-state index contributed by atoms with van der Waals surface area (Å²) < 4.78 is 9.97. The van der Waals surface area contributed by atoms with E-state index in [1.54, 1.807) is 34.6 Å². The minimum absolute atomic E-state index is 0.00637. The number of hydrogen-bond donors (Lipinski definition) is 2. The van der Waals surface area contributed by atoms with E-state index in [9.17, 15) is 24.0 Å². The monoisotopic (exact) mass is 567 g/mol. The maximum absolute atomic E-state index is 13.0. The van der Waals surface area contributed by atoms with E-state index >= 15 is 0 Å². The quantitative estimate of drug-likeness (QED) is 0.147. The third-order valence-electron chi connectivity index (χ3n) is 5.23. The Balaban J connectivity index is 1.62. The summed E-state index contributed by atoms with van der Waals surface area (Å²) in [6.07, 6.45) is 1.53. The molecule has 0 spiro atoms. The zero-order chi connectivity index (χ0) is 28.2. The van der Waals surface area contributed by atoms with Crippen molar-refractivity contribution in [1.29, 1.82) is 0 Å². The number of oxime groups is 1. The van der Waals surface area contributed by atoms with Gasteiger partial charge >= 0.3 is 11.9 Å². The van der Waals surface area contributed by atoms with E-state index in [1.165, 1.54) is 35.2 Å². The van der Waals surface area contributed by atoms with Crippen molar-refractivity contribution in [3.05, 3.63) is 22.8 Å². The molecule has 3 rings (SSSR count). The maximum Gasteiger partial charge on any atom is 0.357 e. The molecule has 2 aliphatic heterocycles. The average Bonchev–Trinajstić information content (AvgIpc) is 3.31. The smallest absolute Gasteiger partial charge is 0.357 e. The van der Waals surface area contributed by atoms with Crippen molar-refractivity contribution in [1.82, 2.24) is 15.2 Å². The normalized spacial score (nSPS) is 19.1. The van der Waals surface area contributed by atoms with Gasteiger partial charge in [0.15, 0.2) is 10.8 Å². The molecule has 38 heavy (non-hydrogen) atoms. The van der Waals surface area contributed by atoms with Crippen LogP contribution in [0.25, 0.3) is 0 Å². The van der Waals surface area contributed by atoms with Crippen LogP contribution in [0.3, 0.4) is 0 Å². The highest BCUT2D eigenvalue weighted by Gasteiger charge is 2.53. The summed E-state index contributed by atoms with van der Waals surface area (Å²) in [5.74, 6) is -2.71. The molecule has 1 aromatic heterocycles. The zero-order valence-electron chi connectivity index (χ0n) is 21.7. The minimum atomic E-state index is -0.941. The van der Waals surface area contributed by atoms with Gasteiger partial charge in [-0.2, -0.15) is 0 Å². The number of nitrogens with one attached hydrogen (secondary N) is 2. The first-order chi connectivity index (χ1) is 17.8. The molecule has 206 valence electrons. The predicted molar refractivity (Wildman–Crippen MR) is 139 cm³/mol. The van der Waals surface area contributed by atoms with Crippen LogP contribution in [0, 0.1) is 11.3 Å². The number of rotatable bonds is 9. The van der Waals surface area contributed by atoms with E-state index in [1.807, 2.05) is 0 Å². The second-order valence-corrected chi connectivity index (χ2v) is 11.5. The summed E-state index contributed by atoms with van der Waals surface area (Å²) in [4.78, 5) is 72.5. The molecule has 0 aliphatic carbocycles. The van der Waals surface area contributed by atoms with Gasteiger partial charge in [-0.25, -0.2) is 9.78 Å². The first-order valence-electron chi connectivity index (χ1n) is 11.5. The van der Waals surface area contributed by atoms with Crippen LogP contribution in [0.1, 0.15) is 40.3 Å². The van der Waals surface area contributed by atoms with E-state index in [0.29, 0.717) is 5.75 Å². The van der Waals surface area contributed by atoms with E-state index in [2.05, 4.69) is 20.8 Å². The van der Waals surface area contributed by atoms with Gasteiger partial charge in [0, 0.05) is 17.1 Å². The molecule has 1 aromatic rings. The number of esters is 2. The average molecular weight is 568 g/mol. The molecule has 0 bridgehead atoms. The molecule has 15 heteroatoms. The van der Waals surface area contributed by atoms with Crippen molar-refractivity contribution < 1.29 is 38.3 Å². The minimum Gasteiger partial charge on any atom is -0.427 e. The van der Waals surface area contributed by atoms with Crippen LogP contribution in [0.5, 0.6) is 0 Å². The fourth-order valence-electron chi connectivity index (χ4n) is 3.15. The van der Waals surface area contributed by atoms with Crippen LogP contribution >= 0.6 is 23.1 Å². The van der Waals surface area contributed by atoms with Crippen molar-refractivity contribution in [3.8, 4) is 0 Å². The van der Waals surface area contributed by atoms with Gasteiger partial charge in [0.1, 0.15) is 29.9 Å². The number of amides is 3. The van der Waals surface area contributed by atoms with E-state index in [4.69, 9.17) is 14.3 Å². The van der Waals surface area contributed by atoms with Crippen LogP contribution in [0.2, 0.25) is 0 Å². The van der Waals surface area contributed by atoms with Crippen molar-refractivity contribution in [2.45, 2.75) is 46.0 Å². The second kappa shape index (κ2) is 11.9. The van der Waals surface area contributed by atoms with E-state index < -0.39 is 47.4 Å². The van der Waals surface area contributed by atoms with Crippen molar-refractivity contribution in [2.24, 2.45) is 16.5 Å². The fourth-order valence-corrected chi connectivity index (χ4v) is 5.04. The van der Waals surface area contributed by atoms with Gasteiger partial charge in [0.05, 0.1) is 5.41 Å². The molecule has 0 saturated carbocycles. The number of thiazole rings is 1. The summed E-state index contributed by atoms with van der Waals surface area (Å²) in [5, 5.41) is 10.3. The molecule has 0 radical (unpaired) electrons. The van der Waals surface area contributed by atoms with Crippen molar-refractivity contribution in [2.75, 3.05) is 25.0 Å². The lowest BCUT2D eigenvalue weighted by Crippen LogP contribution is -2.70. The molecule has 3 heterocycles. The molecule has 2 atom stereocenters. The summed E-state index contributed by atoms with van der Waals surface area (Å²) in [6, 6.07) is -0.941. The second-order valence-electron chi connectivity index (χ2n) is 9.51. The Morgan fingerprint density at radius 3 is 2.58 bits per heavy atom. The molecular formula is C23H29N5O8S2. The van der Waals surface area contributed by atoms with Gasteiger partial charge in [-0.3, -0.25) is 24.1 Å². The summed E-state index contributed by atoms with van der Waals surface area (Å²) in [5.41, 5.74) is -0.782. The molecule has 13 nitrogen and oxygen atoms in total. The van der Waals surface area contributed by atoms with Crippen LogP contribution in [-0.4, -0.2) is 76.3 Å². The number of aromatic nitrogens is 1. The molecule has 0 unspecified atom stereocenters. The standard InChI is InChI=1S/C23H29N5O8S2/c1-11(2)16(29)26-22-24-12(9-38-22)14(27-34-6)17(30)25-15-18(31)28-13(7-8-37-19(15)28)20(32)35-10-36-21(33)23(3,4)5/h7,9,11,15,19H,8,10H2,1-6H3,(H,25,30)(H,24,26,29)/b27-14+/t15-,19-/m1/s1. The topological polar surface area (TPSA) is 166 Å². The predicted octanol–water partition coefficient (Wildman–Crippen LogP) is 1.46. The van der Waals surface area contributed by atoms with Crippen molar-refractivity contribution in [3.63, 3.8) is 0 Å². The largest absolute Gasteiger partial charge is 0.427 e. The Kier molecular flexibility index (Phi) is 9.14. The lowest BCUT2D eigenvalue weighted by Gasteiger charge is -2.48. The molecule has 1 fully saturated rings. The summed E-state index contributed by atoms with van der Waals surface area (Å²) in [7, 11) is 1.26. The fraction of sp³-hybridized carbons (Fsp3) is 0.522. The molecular weight excluding hydrogens is 538 g/mol. The lowest BCUT2D eigenvalue weighted by molar-refractivity contribution is -0.173. The van der Waals surface area contributed by atoms with Gasteiger partial charge in [-0.05, 0) is 26.8 Å². The molecule has 2 aliphatic rings. The number of carbonyl (C=O) groups is 5. The summed E-state index contributed by atoms with van der Waals surface area (Å²) in [6.45, 7) is 7.87. The van der Waals surface area contributed by atoms with E-state index in [-0.39, 0.29) is 34.1 Å². The van der Waals surface area contributed by atoms with Crippen LogP contribution in [-0.2, 0) is 38.3 Å². The lowest BCUT2D eigenvalue weighted by atomic mass is 9.98. The van der Waals surface area contributed by atoms with Gasteiger partial charge in [-0.15, -0.1) is 23.1 Å². The Bertz CT molecular complexity index is 1190. The van der Waals surface area contributed by atoms with Gasteiger partial charge in [-0.1, -0.05) is 19.0 Å². The Morgan fingerprint density at radius 2 is 1.95 bits per heavy atom. The number of nitrogens with zero attached hydrogens (tertiary/aromatic N) is 3. The molecule has 0 aromatic carbocycles. The molecule has 3 amide bonds. The highest BCUT2D eigenvalue weighted by atomic mass is 32.2. The van der Waals surface area contributed by atoms with E-state index in [0.717, 1.165) is 11.3 Å². The first kappa shape index (κ1) is 29.1. The number of anilines is 1.